The Morgan fingerprint density at radius 3 is 2.19 bits per heavy atom. The van der Waals surface area contributed by atoms with Gasteiger partial charge in [-0.2, -0.15) is 0 Å². The van der Waals surface area contributed by atoms with Crippen molar-refractivity contribution >= 4 is 5.91 Å². The second-order valence-corrected chi connectivity index (χ2v) is 11.2. The number of carbonyl (C=O) groups excluding carboxylic acids is 1. The van der Waals surface area contributed by atoms with Gasteiger partial charge in [-0.3, -0.25) is 4.79 Å². The first-order chi connectivity index (χ1) is 20.2. The molecular weight excluding hydrogens is 546 g/mol. The number of unbranched alkanes of at least 4 members (excludes halogenated alkanes) is 8. The predicted octanol–water partition coefficient (Wildman–Crippen LogP) is 1.59. The number of aliphatic hydroxyl groups excluding tert-OH is 7. The van der Waals surface area contributed by atoms with Gasteiger partial charge >= 0.3 is 0 Å². The SMILES string of the molecule is CCCCCCCC/C=C\C/C=C\CC(O)C(=O)NC(COC1OC(CO)C(O)C(O)C1O)C(O)C(O)CCCCC. The van der Waals surface area contributed by atoms with E-state index in [2.05, 4.69) is 24.4 Å². The molecule has 1 heterocycles. The number of ether oxygens (including phenoxy) is 2. The zero-order chi connectivity index (χ0) is 31.3. The van der Waals surface area contributed by atoms with E-state index in [4.69, 9.17) is 9.47 Å². The lowest BCUT2D eigenvalue weighted by Crippen LogP contribution is -2.60. The Kier molecular flexibility index (Phi) is 21.2. The molecule has 0 aromatic carbocycles. The molecular formula is C31H57NO10. The van der Waals surface area contributed by atoms with Gasteiger partial charge in [0.15, 0.2) is 6.29 Å². The van der Waals surface area contributed by atoms with Crippen molar-refractivity contribution in [2.45, 2.75) is 152 Å². The van der Waals surface area contributed by atoms with Crippen LogP contribution in [0.2, 0.25) is 0 Å². The number of nitrogens with one attached hydrogen (secondary N) is 1. The maximum atomic E-state index is 12.7. The molecule has 11 heteroatoms. The first kappa shape index (κ1) is 38.6. The molecule has 0 aliphatic carbocycles. The number of allylic oxidation sites excluding steroid dienone is 3. The van der Waals surface area contributed by atoms with Gasteiger partial charge in [-0.25, -0.2) is 0 Å². The van der Waals surface area contributed by atoms with Gasteiger partial charge in [-0.1, -0.05) is 89.5 Å². The van der Waals surface area contributed by atoms with Crippen molar-refractivity contribution in [2.75, 3.05) is 13.2 Å². The maximum absolute atomic E-state index is 12.7. The summed E-state index contributed by atoms with van der Waals surface area (Å²) in [6.45, 7) is 3.12. The van der Waals surface area contributed by atoms with Crippen molar-refractivity contribution in [1.82, 2.24) is 5.32 Å². The zero-order valence-electron chi connectivity index (χ0n) is 25.5. The lowest BCUT2D eigenvalue weighted by molar-refractivity contribution is -0.303. The van der Waals surface area contributed by atoms with Crippen LogP contribution in [-0.4, -0.2) is 110 Å². The third-order valence-electron chi connectivity index (χ3n) is 7.52. The van der Waals surface area contributed by atoms with E-state index < -0.39 is 74.2 Å². The molecule has 0 aromatic rings. The standard InChI is InChI=1S/C31H57NO10/c1-3-5-7-8-9-10-11-12-13-14-15-17-19-24(35)30(40)32-22(26(36)23(34)18-16-6-4-2)21-41-31-29(39)28(38)27(37)25(20-33)42-31/h12-13,15,17,22-29,31,33-39H,3-11,14,16,18-21H2,1-2H3,(H,32,40)/b13-12-,17-15-. The third kappa shape index (κ3) is 14.9. The average molecular weight is 604 g/mol. The van der Waals surface area contributed by atoms with Crippen LogP contribution in [0.4, 0.5) is 0 Å². The second-order valence-electron chi connectivity index (χ2n) is 11.2. The van der Waals surface area contributed by atoms with Crippen LogP contribution in [-0.2, 0) is 14.3 Å². The molecule has 9 unspecified atom stereocenters. The number of hydrogen-bond acceptors (Lipinski definition) is 10. The Morgan fingerprint density at radius 1 is 0.857 bits per heavy atom. The van der Waals surface area contributed by atoms with Crippen LogP contribution in [0.5, 0.6) is 0 Å². The Labute approximate surface area is 251 Å². The summed E-state index contributed by atoms with van der Waals surface area (Å²) in [5, 5.41) is 73.8. The predicted molar refractivity (Wildman–Crippen MR) is 159 cm³/mol. The van der Waals surface area contributed by atoms with E-state index in [0.29, 0.717) is 12.8 Å². The van der Waals surface area contributed by atoms with Crippen LogP contribution in [0.25, 0.3) is 0 Å². The van der Waals surface area contributed by atoms with Gasteiger partial charge in [0.1, 0.15) is 36.6 Å². The molecule has 9 atom stereocenters. The smallest absolute Gasteiger partial charge is 0.249 e. The Morgan fingerprint density at radius 2 is 1.50 bits per heavy atom. The van der Waals surface area contributed by atoms with Crippen LogP contribution in [0, 0.1) is 0 Å². The molecule has 11 nitrogen and oxygen atoms in total. The molecule has 1 aliphatic heterocycles. The Balaban J connectivity index is 2.64. The molecule has 0 aromatic heterocycles. The summed E-state index contributed by atoms with van der Waals surface area (Å²) >= 11 is 0. The fraction of sp³-hybridized carbons (Fsp3) is 0.839. The molecule has 0 saturated carbocycles. The highest BCUT2D eigenvalue weighted by Crippen LogP contribution is 2.22. The molecule has 8 N–H and O–H groups in total. The minimum Gasteiger partial charge on any atom is -0.394 e. The van der Waals surface area contributed by atoms with Crippen molar-refractivity contribution in [3.63, 3.8) is 0 Å². The Hall–Kier alpha value is -1.41. The Bertz CT molecular complexity index is 749. The molecule has 0 spiro atoms. The van der Waals surface area contributed by atoms with Crippen molar-refractivity contribution in [1.29, 1.82) is 0 Å². The minimum atomic E-state index is -1.67. The first-order valence-electron chi connectivity index (χ1n) is 15.7. The van der Waals surface area contributed by atoms with Crippen LogP contribution in [0.15, 0.2) is 24.3 Å². The van der Waals surface area contributed by atoms with E-state index >= 15 is 0 Å². The summed E-state index contributed by atoms with van der Waals surface area (Å²) in [4.78, 5) is 12.7. The summed E-state index contributed by atoms with van der Waals surface area (Å²) in [6.07, 6.45) is 8.11. The summed E-state index contributed by atoms with van der Waals surface area (Å²) in [5.74, 6) is -0.777. The molecule has 42 heavy (non-hydrogen) atoms. The minimum absolute atomic E-state index is 0.0482. The molecule has 0 bridgehead atoms. The van der Waals surface area contributed by atoms with E-state index in [1.165, 1.54) is 38.5 Å². The van der Waals surface area contributed by atoms with Gasteiger partial charge in [-0.05, 0) is 25.7 Å². The summed E-state index contributed by atoms with van der Waals surface area (Å²) in [5.41, 5.74) is 0. The lowest BCUT2D eigenvalue weighted by Gasteiger charge is -2.40. The van der Waals surface area contributed by atoms with Crippen molar-refractivity contribution < 1.29 is 50.0 Å². The third-order valence-corrected chi connectivity index (χ3v) is 7.52. The van der Waals surface area contributed by atoms with Crippen LogP contribution in [0.1, 0.15) is 97.3 Å². The van der Waals surface area contributed by atoms with Gasteiger partial charge in [-0.15, -0.1) is 0 Å². The topological polar surface area (TPSA) is 189 Å². The molecule has 1 amide bonds. The highest BCUT2D eigenvalue weighted by Gasteiger charge is 2.44. The highest BCUT2D eigenvalue weighted by molar-refractivity contribution is 5.81. The van der Waals surface area contributed by atoms with E-state index in [0.717, 1.165) is 19.3 Å². The van der Waals surface area contributed by atoms with E-state index in [1.54, 1.807) is 6.08 Å². The first-order valence-corrected chi connectivity index (χ1v) is 15.7. The van der Waals surface area contributed by atoms with Crippen molar-refractivity contribution in [2.24, 2.45) is 0 Å². The number of rotatable bonds is 23. The maximum Gasteiger partial charge on any atom is 0.249 e. The van der Waals surface area contributed by atoms with Gasteiger partial charge in [0.05, 0.1) is 25.4 Å². The summed E-state index contributed by atoms with van der Waals surface area (Å²) in [7, 11) is 0. The molecule has 1 saturated heterocycles. The molecule has 1 aliphatic rings. The van der Waals surface area contributed by atoms with Crippen molar-refractivity contribution in [3.05, 3.63) is 24.3 Å². The van der Waals surface area contributed by atoms with Gasteiger partial charge in [0.25, 0.3) is 0 Å². The highest BCUT2D eigenvalue weighted by atomic mass is 16.7. The quantitative estimate of drug-likeness (QED) is 0.0629. The number of amides is 1. The van der Waals surface area contributed by atoms with Crippen LogP contribution < -0.4 is 5.32 Å². The van der Waals surface area contributed by atoms with E-state index in [9.17, 15) is 40.5 Å². The average Bonchev–Trinajstić information content (AvgIpc) is 2.98. The lowest BCUT2D eigenvalue weighted by atomic mass is 9.98. The summed E-state index contributed by atoms with van der Waals surface area (Å²) < 4.78 is 10.8. The largest absolute Gasteiger partial charge is 0.394 e. The molecule has 0 radical (unpaired) electrons. The van der Waals surface area contributed by atoms with Crippen LogP contribution >= 0.6 is 0 Å². The molecule has 246 valence electrons. The fourth-order valence-electron chi connectivity index (χ4n) is 4.71. The second kappa shape index (κ2) is 23.0. The van der Waals surface area contributed by atoms with Gasteiger partial charge < -0.3 is 50.5 Å². The summed E-state index contributed by atoms with van der Waals surface area (Å²) in [6, 6.07) is -1.19. The van der Waals surface area contributed by atoms with Crippen LogP contribution in [0.3, 0.4) is 0 Å². The van der Waals surface area contributed by atoms with E-state index in [1.807, 2.05) is 13.0 Å². The molecule has 1 rings (SSSR count). The van der Waals surface area contributed by atoms with E-state index in [-0.39, 0.29) is 12.8 Å². The molecule has 1 fully saturated rings. The zero-order valence-corrected chi connectivity index (χ0v) is 25.5. The monoisotopic (exact) mass is 603 g/mol. The van der Waals surface area contributed by atoms with Gasteiger partial charge in [0.2, 0.25) is 5.91 Å². The normalized spacial score (nSPS) is 26.0. The number of carbonyl (C=O) groups is 1. The van der Waals surface area contributed by atoms with Gasteiger partial charge in [0, 0.05) is 6.42 Å². The number of hydrogen-bond donors (Lipinski definition) is 8. The fourth-order valence-corrected chi connectivity index (χ4v) is 4.71. The number of aliphatic hydroxyl groups is 7. The van der Waals surface area contributed by atoms with Crippen molar-refractivity contribution in [3.8, 4) is 0 Å².